The van der Waals surface area contributed by atoms with Gasteiger partial charge in [0.2, 0.25) is 5.91 Å². The van der Waals surface area contributed by atoms with Gasteiger partial charge < -0.3 is 21.3 Å². The number of rotatable bonds is 10. The van der Waals surface area contributed by atoms with Crippen molar-refractivity contribution in [2.45, 2.75) is 51.9 Å². The number of nitrogens with one attached hydrogen (secondary N) is 2. The van der Waals surface area contributed by atoms with Crippen molar-refractivity contribution >= 4 is 13.0 Å². The van der Waals surface area contributed by atoms with E-state index >= 15 is 0 Å². The lowest BCUT2D eigenvalue weighted by Gasteiger charge is -2.12. The van der Waals surface area contributed by atoms with Gasteiger partial charge >= 0.3 is 7.05 Å². The third kappa shape index (κ3) is 10.3. The summed E-state index contributed by atoms with van der Waals surface area (Å²) in [6.45, 7) is 5.24. The fourth-order valence-corrected chi connectivity index (χ4v) is 1.45. The Hall–Kier alpha value is -0.585. The molecule has 100 valence electrons. The fourth-order valence-electron chi connectivity index (χ4n) is 1.45. The Morgan fingerprint density at radius 2 is 2.06 bits per heavy atom. The second-order valence-corrected chi connectivity index (χ2v) is 4.38. The Labute approximate surface area is 105 Å². The van der Waals surface area contributed by atoms with Crippen molar-refractivity contribution < 1.29 is 9.82 Å². The molecule has 1 unspecified atom stereocenters. The molecule has 0 aromatic carbocycles. The van der Waals surface area contributed by atoms with Crippen LogP contribution in [0.25, 0.3) is 0 Å². The second-order valence-electron chi connectivity index (χ2n) is 4.38. The van der Waals surface area contributed by atoms with Crippen LogP contribution in [0.15, 0.2) is 0 Å². The van der Waals surface area contributed by atoms with Gasteiger partial charge in [0.05, 0.1) is 6.04 Å². The van der Waals surface area contributed by atoms with Gasteiger partial charge in [-0.3, -0.25) is 4.79 Å². The molecule has 17 heavy (non-hydrogen) atoms. The summed E-state index contributed by atoms with van der Waals surface area (Å²) in [6.07, 6.45) is 4.57. The molecule has 5 nitrogen and oxygen atoms in total. The summed E-state index contributed by atoms with van der Waals surface area (Å²) in [6, 6.07) is -0.404. The molecule has 0 fully saturated rings. The summed E-state index contributed by atoms with van der Waals surface area (Å²) in [4.78, 5) is 11.5. The first-order chi connectivity index (χ1) is 8.07. The molecule has 0 saturated heterocycles. The van der Waals surface area contributed by atoms with Crippen molar-refractivity contribution in [1.82, 2.24) is 10.5 Å². The van der Waals surface area contributed by atoms with Crippen LogP contribution in [-0.4, -0.2) is 37.1 Å². The number of unbranched alkanes of at least 4 members (excludes halogenated alkanes) is 2. The minimum atomic E-state index is -0.471. The maximum atomic E-state index is 11.5. The predicted octanol–water partition coefficient (Wildman–Crippen LogP) is 0.100. The predicted molar refractivity (Wildman–Crippen MR) is 71.6 cm³/mol. The topological polar surface area (TPSA) is 87.4 Å². The van der Waals surface area contributed by atoms with Gasteiger partial charge in [-0.15, -0.1) is 0 Å². The van der Waals surface area contributed by atoms with Crippen molar-refractivity contribution in [2.24, 2.45) is 5.73 Å². The molecular formula is C11H26BN3O2. The van der Waals surface area contributed by atoms with Crippen LogP contribution in [0.5, 0.6) is 0 Å². The molecule has 1 amide bonds. The number of hydrogen-bond donors (Lipinski definition) is 4. The maximum absolute atomic E-state index is 11.5. The van der Waals surface area contributed by atoms with Crippen molar-refractivity contribution in [1.29, 1.82) is 0 Å². The summed E-state index contributed by atoms with van der Waals surface area (Å²) in [5.74, 6) is -0.0538. The van der Waals surface area contributed by atoms with Crippen molar-refractivity contribution in [2.75, 3.05) is 13.1 Å². The zero-order valence-electron chi connectivity index (χ0n) is 11.0. The fraction of sp³-hybridized carbons (Fsp3) is 0.909. The van der Waals surface area contributed by atoms with Crippen LogP contribution < -0.4 is 16.3 Å². The van der Waals surface area contributed by atoms with Crippen LogP contribution in [0.4, 0.5) is 0 Å². The van der Waals surface area contributed by atoms with Crippen LogP contribution >= 0.6 is 0 Å². The standard InChI is InChI=1S/C11H26BN3O2/c1-3-4-8-14-11(16)10(13)7-5-6-9-15-12(2)17/h10,15,17H,3-9,13H2,1-2H3,(H,14,16). The molecule has 1 atom stereocenters. The van der Waals surface area contributed by atoms with Crippen LogP contribution in [0.3, 0.4) is 0 Å². The summed E-state index contributed by atoms with van der Waals surface area (Å²) in [5, 5.41) is 14.7. The number of hydrogen-bond acceptors (Lipinski definition) is 4. The van der Waals surface area contributed by atoms with Crippen molar-refractivity contribution in [3.63, 3.8) is 0 Å². The molecule has 0 radical (unpaired) electrons. The highest BCUT2D eigenvalue weighted by atomic mass is 16.2. The molecule has 0 saturated carbocycles. The minimum Gasteiger partial charge on any atom is -0.437 e. The highest BCUT2D eigenvalue weighted by Gasteiger charge is 2.11. The molecule has 6 heteroatoms. The summed E-state index contributed by atoms with van der Waals surface area (Å²) in [7, 11) is -0.471. The molecule has 0 aromatic rings. The third-order valence-electron chi connectivity index (χ3n) is 2.55. The monoisotopic (exact) mass is 243 g/mol. The van der Waals surface area contributed by atoms with Gasteiger partial charge in [0.15, 0.2) is 0 Å². The van der Waals surface area contributed by atoms with Gasteiger partial charge in [-0.1, -0.05) is 19.8 Å². The highest BCUT2D eigenvalue weighted by molar-refractivity contribution is 6.45. The molecule has 0 bridgehead atoms. The van der Waals surface area contributed by atoms with Gasteiger partial charge in [-0.05, 0) is 32.6 Å². The third-order valence-corrected chi connectivity index (χ3v) is 2.55. The van der Waals surface area contributed by atoms with Crippen LogP contribution in [0, 0.1) is 0 Å². The molecule has 0 spiro atoms. The summed E-state index contributed by atoms with van der Waals surface area (Å²) < 4.78 is 0. The smallest absolute Gasteiger partial charge is 0.373 e. The first-order valence-electron chi connectivity index (χ1n) is 6.52. The number of nitrogens with two attached hydrogens (primary N) is 1. The van der Waals surface area contributed by atoms with Crippen LogP contribution in [0.2, 0.25) is 6.82 Å². The Bertz CT molecular complexity index is 203. The van der Waals surface area contributed by atoms with Gasteiger partial charge in [-0.2, -0.15) is 0 Å². The van der Waals surface area contributed by atoms with Crippen molar-refractivity contribution in [3.8, 4) is 0 Å². The quantitative estimate of drug-likeness (QED) is 0.324. The van der Waals surface area contributed by atoms with Gasteiger partial charge in [0.1, 0.15) is 0 Å². The number of amides is 1. The molecular weight excluding hydrogens is 217 g/mol. The normalized spacial score (nSPS) is 12.2. The SMILES string of the molecule is CCCCNC(=O)C(N)CCCCNB(C)O. The molecule has 0 aliphatic carbocycles. The van der Waals surface area contributed by atoms with E-state index in [-0.39, 0.29) is 5.91 Å². The van der Waals surface area contributed by atoms with E-state index in [1.165, 1.54) is 0 Å². The van der Waals surface area contributed by atoms with E-state index < -0.39 is 13.1 Å². The Morgan fingerprint density at radius 1 is 1.35 bits per heavy atom. The number of carbonyl (C=O) groups is 1. The van der Waals surface area contributed by atoms with Crippen molar-refractivity contribution in [3.05, 3.63) is 0 Å². The summed E-state index contributed by atoms with van der Waals surface area (Å²) in [5.41, 5.74) is 5.76. The van der Waals surface area contributed by atoms with E-state index in [0.29, 0.717) is 13.0 Å². The first kappa shape index (κ1) is 16.4. The molecule has 0 aliphatic rings. The number of carbonyl (C=O) groups excluding carboxylic acids is 1. The van der Waals surface area contributed by atoms with Gasteiger partial charge in [-0.25, -0.2) is 0 Å². The van der Waals surface area contributed by atoms with E-state index in [0.717, 1.165) is 32.2 Å². The van der Waals surface area contributed by atoms with E-state index in [9.17, 15) is 4.79 Å². The zero-order chi connectivity index (χ0) is 13.1. The lowest BCUT2D eigenvalue weighted by molar-refractivity contribution is -0.122. The minimum absolute atomic E-state index is 0.0538. The maximum Gasteiger partial charge on any atom is 0.373 e. The molecule has 0 aromatic heterocycles. The Morgan fingerprint density at radius 3 is 2.65 bits per heavy atom. The summed E-state index contributed by atoms with van der Waals surface area (Å²) >= 11 is 0. The average Bonchev–Trinajstić information content (AvgIpc) is 2.28. The van der Waals surface area contributed by atoms with E-state index in [4.69, 9.17) is 10.8 Å². The molecule has 0 aliphatic heterocycles. The zero-order valence-corrected chi connectivity index (χ0v) is 11.0. The van der Waals surface area contributed by atoms with E-state index in [2.05, 4.69) is 17.5 Å². The van der Waals surface area contributed by atoms with Gasteiger partial charge in [0, 0.05) is 6.54 Å². The molecule has 5 N–H and O–H groups in total. The van der Waals surface area contributed by atoms with E-state index in [1.54, 1.807) is 6.82 Å². The highest BCUT2D eigenvalue weighted by Crippen LogP contribution is 1.98. The second kappa shape index (κ2) is 10.6. The molecule has 0 rings (SSSR count). The van der Waals surface area contributed by atoms with Gasteiger partial charge in [0.25, 0.3) is 0 Å². The van der Waals surface area contributed by atoms with E-state index in [1.807, 2.05) is 0 Å². The average molecular weight is 243 g/mol. The Balaban J connectivity index is 3.43. The van der Waals surface area contributed by atoms with Crippen LogP contribution in [-0.2, 0) is 4.79 Å². The largest absolute Gasteiger partial charge is 0.437 e. The lowest BCUT2D eigenvalue weighted by atomic mass is 9.89. The van der Waals surface area contributed by atoms with Crippen LogP contribution in [0.1, 0.15) is 39.0 Å². The molecule has 0 heterocycles. The Kier molecular flexibility index (Phi) is 10.2. The lowest BCUT2D eigenvalue weighted by Crippen LogP contribution is -2.41. The first-order valence-corrected chi connectivity index (χ1v) is 6.52.